The van der Waals surface area contributed by atoms with Crippen LogP contribution in [0.1, 0.15) is 6.92 Å². The number of carbonyl (C=O) groups is 1. The van der Waals surface area contributed by atoms with Crippen LogP contribution < -0.4 is 5.32 Å². The molecule has 1 amide bonds. The van der Waals surface area contributed by atoms with Gasteiger partial charge in [-0.3, -0.25) is 4.79 Å². The molecule has 0 bridgehead atoms. The molecule has 1 aromatic carbocycles. The lowest BCUT2D eigenvalue weighted by Crippen LogP contribution is -2.06. The predicted molar refractivity (Wildman–Crippen MR) is 55.4 cm³/mol. The second-order valence-corrected chi connectivity index (χ2v) is 3.34. The number of halogens is 1. The topological polar surface area (TPSA) is 57.8 Å². The Morgan fingerprint density at radius 2 is 2.36 bits per heavy atom. The van der Waals surface area contributed by atoms with Gasteiger partial charge in [0.05, 0.1) is 28.1 Å². The molecule has 2 N–H and O–H groups in total. The van der Waals surface area contributed by atoms with Crippen molar-refractivity contribution in [2.45, 2.75) is 6.92 Å². The van der Waals surface area contributed by atoms with Crippen molar-refractivity contribution in [2.75, 3.05) is 5.32 Å². The minimum absolute atomic E-state index is 0.151. The molecule has 72 valence electrons. The number of hydrogen-bond acceptors (Lipinski definition) is 2. The molecule has 0 fully saturated rings. The van der Waals surface area contributed by atoms with Crippen molar-refractivity contribution in [2.24, 2.45) is 0 Å². The molecule has 0 radical (unpaired) electrons. The maximum absolute atomic E-state index is 10.8. The van der Waals surface area contributed by atoms with Gasteiger partial charge in [-0.05, 0) is 12.1 Å². The number of aromatic amines is 1. The van der Waals surface area contributed by atoms with Crippen LogP contribution >= 0.6 is 11.6 Å². The van der Waals surface area contributed by atoms with Crippen LogP contribution in [0, 0.1) is 0 Å². The highest BCUT2D eigenvalue weighted by Gasteiger charge is 2.05. The summed E-state index contributed by atoms with van der Waals surface area (Å²) in [7, 11) is 0. The van der Waals surface area contributed by atoms with Crippen molar-refractivity contribution in [1.82, 2.24) is 9.97 Å². The van der Waals surface area contributed by atoms with Gasteiger partial charge in [0, 0.05) is 6.92 Å². The van der Waals surface area contributed by atoms with Crippen molar-refractivity contribution < 1.29 is 4.79 Å². The molecule has 0 saturated carbocycles. The number of imidazole rings is 1. The molecular formula is C9H8ClN3O. The number of hydrogen-bond donors (Lipinski definition) is 2. The fourth-order valence-electron chi connectivity index (χ4n) is 1.24. The Balaban J connectivity index is 2.53. The summed E-state index contributed by atoms with van der Waals surface area (Å²) in [5, 5.41) is 3.13. The number of aromatic nitrogens is 2. The van der Waals surface area contributed by atoms with Crippen molar-refractivity contribution >= 4 is 34.2 Å². The van der Waals surface area contributed by atoms with E-state index in [1.54, 1.807) is 18.5 Å². The fraction of sp³-hybridized carbons (Fsp3) is 0.111. The van der Waals surface area contributed by atoms with Crippen LogP contribution in [0.2, 0.25) is 5.02 Å². The number of nitrogens with one attached hydrogen (secondary N) is 2. The SMILES string of the molecule is CC(=O)Nc1cc2nc[nH]c2cc1Cl. The number of benzene rings is 1. The fourth-order valence-corrected chi connectivity index (χ4v) is 1.45. The summed E-state index contributed by atoms with van der Waals surface area (Å²) in [5.74, 6) is -0.151. The Labute approximate surface area is 85.3 Å². The van der Waals surface area contributed by atoms with Gasteiger partial charge < -0.3 is 10.3 Å². The summed E-state index contributed by atoms with van der Waals surface area (Å²) in [6, 6.07) is 3.46. The first-order valence-corrected chi connectivity index (χ1v) is 4.45. The smallest absolute Gasteiger partial charge is 0.221 e. The average molecular weight is 210 g/mol. The van der Waals surface area contributed by atoms with E-state index in [0.717, 1.165) is 11.0 Å². The van der Waals surface area contributed by atoms with Crippen LogP contribution in [0.5, 0.6) is 0 Å². The molecule has 0 aliphatic rings. The lowest BCUT2D eigenvalue weighted by Gasteiger charge is -2.03. The molecule has 0 atom stereocenters. The summed E-state index contributed by atoms with van der Waals surface area (Å²) in [4.78, 5) is 17.8. The van der Waals surface area contributed by atoms with Crippen LogP contribution in [0.4, 0.5) is 5.69 Å². The molecule has 0 spiro atoms. The largest absolute Gasteiger partial charge is 0.345 e. The third-order valence-corrected chi connectivity index (χ3v) is 2.13. The minimum atomic E-state index is -0.151. The summed E-state index contributed by atoms with van der Waals surface area (Å²) >= 11 is 5.94. The number of rotatable bonds is 1. The summed E-state index contributed by atoms with van der Waals surface area (Å²) in [6.45, 7) is 1.44. The maximum atomic E-state index is 10.8. The van der Waals surface area contributed by atoms with Gasteiger partial charge in [0.2, 0.25) is 5.91 Å². The van der Waals surface area contributed by atoms with Crippen molar-refractivity contribution in [3.05, 3.63) is 23.5 Å². The average Bonchev–Trinajstić information content (AvgIpc) is 2.51. The van der Waals surface area contributed by atoms with Crippen LogP contribution in [-0.2, 0) is 4.79 Å². The standard InChI is InChI=1S/C9H8ClN3O/c1-5(14)13-7-3-9-8(2-6(7)10)11-4-12-9/h2-4H,1H3,(H,11,12)(H,13,14). The van der Waals surface area contributed by atoms with E-state index in [0.29, 0.717) is 10.7 Å². The Morgan fingerprint density at radius 1 is 1.57 bits per heavy atom. The summed E-state index contributed by atoms with van der Waals surface area (Å²) < 4.78 is 0. The first-order chi connectivity index (χ1) is 6.66. The zero-order valence-corrected chi connectivity index (χ0v) is 8.22. The molecule has 2 aromatic rings. The molecule has 1 heterocycles. The maximum Gasteiger partial charge on any atom is 0.221 e. The number of anilines is 1. The molecule has 0 aliphatic heterocycles. The minimum Gasteiger partial charge on any atom is -0.345 e. The van der Waals surface area contributed by atoms with Crippen LogP contribution in [0.15, 0.2) is 18.5 Å². The molecular weight excluding hydrogens is 202 g/mol. The number of carbonyl (C=O) groups excluding carboxylic acids is 1. The van der Waals surface area contributed by atoms with Gasteiger partial charge in [0.25, 0.3) is 0 Å². The van der Waals surface area contributed by atoms with Crippen LogP contribution in [0.25, 0.3) is 11.0 Å². The zero-order valence-electron chi connectivity index (χ0n) is 7.47. The molecule has 0 saturated heterocycles. The highest BCUT2D eigenvalue weighted by molar-refractivity contribution is 6.34. The van der Waals surface area contributed by atoms with Gasteiger partial charge >= 0.3 is 0 Å². The van der Waals surface area contributed by atoms with E-state index < -0.39 is 0 Å². The number of amides is 1. The third kappa shape index (κ3) is 1.56. The molecule has 1 aromatic heterocycles. The first kappa shape index (κ1) is 9.02. The number of fused-ring (bicyclic) bond motifs is 1. The highest BCUT2D eigenvalue weighted by atomic mass is 35.5. The van der Waals surface area contributed by atoms with E-state index in [2.05, 4.69) is 15.3 Å². The van der Waals surface area contributed by atoms with Crippen LogP contribution in [-0.4, -0.2) is 15.9 Å². The first-order valence-electron chi connectivity index (χ1n) is 4.07. The highest BCUT2D eigenvalue weighted by Crippen LogP contribution is 2.26. The lowest BCUT2D eigenvalue weighted by molar-refractivity contribution is -0.114. The van der Waals surface area contributed by atoms with Gasteiger partial charge in [-0.1, -0.05) is 11.6 Å². The zero-order chi connectivity index (χ0) is 10.1. The van der Waals surface area contributed by atoms with E-state index in [-0.39, 0.29) is 5.91 Å². The van der Waals surface area contributed by atoms with Gasteiger partial charge in [-0.2, -0.15) is 0 Å². The van der Waals surface area contributed by atoms with E-state index in [4.69, 9.17) is 11.6 Å². The monoisotopic (exact) mass is 209 g/mol. The van der Waals surface area contributed by atoms with Crippen LogP contribution in [0.3, 0.4) is 0 Å². The Kier molecular flexibility index (Phi) is 2.13. The lowest BCUT2D eigenvalue weighted by atomic mass is 10.2. The van der Waals surface area contributed by atoms with E-state index in [9.17, 15) is 4.79 Å². The third-order valence-electron chi connectivity index (χ3n) is 1.82. The molecule has 14 heavy (non-hydrogen) atoms. The van der Waals surface area contributed by atoms with E-state index in [1.807, 2.05) is 0 Å². The summed E-state index contributed by atoms with van der Waals surface area (Å²) in [5.41, 5.74) is 2.21. The summed E-state index contributed by atoms with van der Waals surface area (Å²) in [6.07, 6.45) is 1.58. The molecule has 0 unspecified atom stereocenters. The Hall–Kier alpha value is -1.55. The molecule has 0 aliphatic carbocycles. The number of nitrogens with zero attached hydrogens (tertiary/aromatic N) is 1. The van der Waals surface area contributed by atoms with Gasteiger partial charge in [0.1, 0.15) is 0 Å². The Bertz CT molecular complexity index is 492. The van der Waals surface area contributed by atoms with Gasteiger partial charge in [0.15, 0.2) is 0 Å². The van der Waals surface area contributed by atoms with Gasteiger partial charge in [-0.15, -0.1) is 0 Å². The number of H-pyrrole nitrogens is 1. The van der Waals surface area contributed by atoms with Crippen molar-refractivity contribution in [3.8, 4) is 0 Å². The Morgan fingerprint density at radius 3 is 3.07 bits per heavy atom. The second kappa shape index (κ2) is 3.31. The van der Waals surface area contributed by atoms with Crippen molar-refractivity contribution in [1.29, 1.82) is 0 Å². The van der Waals surface area contributed by atoms with E-state index >= 15 is 0 Å². The second-order valence-electron chi connectivity index (χ2n) is 2.93. The molecule has 2 rings (SSSR count). The molecule has 5 heteroatoms. The van der Waals surface area contributed by atoms with E-state index in [1.165, 1.54) is 6.92 Å². The predicted octanol–water partition coefficient (Wildman–Crippen LogP) is 2.17. The van der Waals surface area contributed by atoms with Crippen molar-refractivity contribution in [3.63, 3.8) is 0 Å². The molecule has 4 nitrogen and oxygen atoms in total. The quantitative estimate of drug-likeness (QED) is 0.756. The normalized spacial score (nSPS) is 10.4. The van der Waals surface area contributed by atoms with Gasteiger partial charge in [-0.25, -0.2) is 4.98 Å².